The van der Waals surface area contributed by atoms with Crippen LogP contribution in [0.3, 0.4) is 0 Å². The van der Waals surface area contributed by atoms with Crippen LogP contribution in [0.4, 0.5) is 0 Å². The summed E-state index contributed by atoms with van der Waals surface area (Å²) >= 11 is 0. The molecule has 1 atom stereocenters. The van der Waals surface area contributed by atoms with E-state index >= 15 is 0 Å². The van der Waals surface area contributed by atoms with Gasteiger partial charge < -0.3 is 14.7 Å². The second kappa shape index (κ2) is 3.31. The van der Waals surface area contributed by atoms with Crippen LogP contribution in [-0.4, -0.2) is 33.8 Å². The van der Waals surface area contributed by atoms with E-state index in [1.807, 2.05) is 0 Å². The van der Waals surface area contributed by atoms with E-state index < -0.39 is 11.4 Å². The van der Waals surface area contributed by atoms with Gasteiger partial charge in [0, 0.05) is 18.7 Å². The first-order valence-corrected chi connectivity index (χ1v) is 6.06. The summed E-state index contributed by atoms with van der Waals surface area (Å²) in [7, 11) is 0. The molecule has 2 aliphatic heterocycles. The molecule has 4 heteroatoms. The van der Waals surface area contributed by atoms with E-state index in [0.717, 1.165) is 25.7 Å². The fraction of sp³-hybridized carbons (Fsp3) is 0.750. The Balaban J connectivity index is 1.96. The summed E-state index contributed by atoms with van der Waals surface area (Å²) in [4.78, 5) is 13.5. The Morgan fingerprint density at radius 3 is 2.75 bits per heavy atom. The molecule has 88 valence electrons. The lowest BCUT2D eigenvalue weighted by atomic mass is 9.87. The number of ketones is 1. The summed E-state index contributed by atoms with van der Waals surface area (Å²) in [5.74, 6) is -0.194. The van der Waals surface area contributed by atoms with Crippen molar-refractivity contribution in [3.63, 3.8) is 0 Å². The van der Waals surface area contributed by atoms with Gasteiger partial charge in [-0.2, -0.15) is 0 Å². The molecular weight excluding hydrogens is 206 g/mol. The van der Waals surface area contributed by atoms with Gasteiger partial charge in [0.1, 0.15) is 5.72 Å². The van der Waals surface area contributed by atoms with Gasteiger partial charge in [-0.05, 0) is 25.7 Å². The fourth-order valence-corrected chi connectivity index (χ4v) is 3.18. The molecular formula is C12H17NO3. The maximum Gasteiger partial charge on any atom is 0.209 e. The van der Waals surface area contributed by atoms with Gasteiger partial charge in [-0.15, -0.1) is 0 Å². The second-order valence-corrected chi connectivity index (χ2v) is 4.97. The number of fused-ring (bicyclic) bond motifs is 2. The number of hydrogen-bond acceptors (Lipinski definition) is 4. The zero-order valence-corrected chi connectivity index (χ0v) is 9.32. The molecule has 3 aliphatic rings. The Kier molecular flexibility index (Phi) is 2.13. The first-order valence-electron chi connectivity index (χ1n) is 6.06. The Morgan fingerprint density at radius 1 is 1.25 bits per heavy atom. The number of carbonyl (C=O) groups is 1. The third-order valence-corrected chi connectivity index (χ3v) is 4.06. The van der Waals surface area contributed by atoms with Crippen LogP contribution in [0, 0.1) is 0 Å². The lowest BCUT2D eigenvalue weighted by Gasteiger charge is -2.53. The maximum absolute atomic E-state index is 11.7. The molecule has 1 saturated heterocycles. The summed E-state index contributed by atoms with van der Waals surface area (Å²) in [6.07, 6.45) is 8.82. The van der Waals surface area contributed by atoms with Gasteiger partial charge in [0.05, 0.1) is 6.61 Å². The van der Waals surface area contributed by atoms with Crippen molar-refractivity contribution in [2.45, 2.75) is 50.0 Å². The summed E-state index contributed by atoms with van der Waals surface area (Å²) < 4.78 is 5.90. The maximum atomic E-state index is 11.7. The van der Waals surface area contributed by atoms with Crippen LogP contribution in [0.2, 0.25) is 0 Å². The number of aliphatic hydroxyl groups is 1. The van der Waals surface area contributed by atoms with E-state index in [9.17, 15) is 9.90 Å². The Morgan fingerprint density at radius 2 is 2.00 bits per heavy atom. The van der Waals surface area contributed by atoms with Crippen LogP contribution in [0.5, 0.6) is 0 Å². The number of rotatable bonds is 0. The molecule has 2 heterocycles. The van der Waals surface area contributed by atoms with Crippen molar-refractivity contribution in [3.8, 4) is 0 Å². The highest BCUT2D eigenvalue weighted by atomic mass is 16.5. The van der Waals surface area contributed by atoms with Gasteiger partial charge in [0.2, 0.25) is 11.5 Å². The monoisotopic (exact) mass is 223 g/mol. The van der Waals surface area contributed by atoms with Crippen LogP contribution in [-0.2, 0) is 9.53 Å². The van der Waals surface area contributed by atoms with Crippen molar-refractivity contribution in [1.82, 2.24) is 4.90 Å². The average Bonchev–Trinajstić information content (AvgIpc) is 2.58. The largest absolute Gasteiger partial charge is 0.364 e. The SMILES string of the molecule is O=C1C=CN2C3(CCCCC3)OCCC12O. The van der Waals surface area contributed by atoms with Crippen LogP contribution in [0.15, 0.2) is 12.3 Å². The minimum atomic E-state index is -1.32. The topological polar surface area (TPSA) is 49.8 Å². The molecule has 1 spiro atoms. The van der Waals surface area contributed by atoms with Gasteiger partial charge >= 0.3 is 0 Å². The highest BCUT2D eigenvalue weighted by Gasteiger charge is 2.56. The number of carbonyl (C=O) groups excluding carboxylic acids is 1. The standard InChI is InChI=1S/C12H17NO3/c14-10-4-8-13-11(5-2-1-3-6-11)16-9-7-12(10,13)15/h4,8,15H,1-3,5-7,9H2. The summed E-state index contributed by atoms with van der Waals surface area (Å²) in [5.41, 5.74) is -1.75. The molecule has 0 bridgehead atoms. The highest BCUT2D eigenvalue weighted by Crippen LogP contribution is 2.45. The number of hydrogen-bond donors (Lipinski definition) is 1. The fourth-order valence-electron chi connectivity index (χ4n) is 3.18. The molecule has 16 heavy (non-hydrogen) atoms. The molecule has 0 aromatic heterocycles. The first kappa shape index (κ1) is 10.3. The quantitative estimate of drug-likeness (QED) is 0.669. The van der Waals surface area contributed by atoms with Crippen LogP contribution in [0.25, 0.3) is 0 Å². The van der Waals surface area contributed by atoms with Gasteiger partial charge in [0.15, 0.2) is 0 Å². The molecule has 4 nitrogen and oxygen atoms in total. The van der Waals surface area contributed by atoms with E-state index in [1.165, 1.54) is 12.5 Å². The summed E-state index contributed by atoms with van der Waals surface area (Å²) in [6, 6.07) is 0. The summed E-state index contributed by atoms with van der Waals surface area (Å²) in [6.45, 7) is 0.473. The van der Waals surface area contributed by atoms with E-state index in [0.29, 0.717) is 13.0 Å². The van der Waals surface area contributed by atoms with E-state index in [-0.39, 0.29) is 5.78 Å². The van der Waals surface area contributed by atoms with Gasteiger partial charge in [-0.25, -0.2) is 0 Å². The van der Waals surface area contributed by atoms with Crippen LogP contribution in [0.1, 0.15) is 38.5 Å². The van der Waals surface area contributed by atoms with E-state index in [2.05, 4.69) is 0 Å². The lowest BCUT2D eigenvalue weighted by Crippen LogP contribution is -2.64. The molecule has 1 saturated carbocycles. The minimum Gasteiger partial charge on any atom is -0.364 e. The first-order chi connectivity index (χ1) is 7.67. The molecule has 1 unspecified atom stereocenters. The van der Waals surface area contributed by atoms with E-state index in [4.69, 9.17) is 4.74 Å². The molecule has 0 radical (unpaired) electrons. The predicted molar refractivity (Wildman–Crippen MR) is 57.3 cm³/mol. The number of nitrogens with zero attached hydrogens (tertiary/aromatic N) is 1. The molecule has 2 fully saturated rings. The van der Waals surface area contributed by atoms with Crippen LogP contribution >= 0.6 is 0 Å². The smallest absolute Gasteiger partial charge is 0.209 e. The molecule has 0 aromatic carbocycles. The molecule has 0 aromatic rings. The van der Waals surface area contributed by atoms with Gasteiger partial charge in [-0.1, -0.05) is 6.42 Å². The Hall–Kier alpha value is -0.870. The third kappa shape index (κ3) is 1.20. The molecule has 1 N–H and O–H groups in total. The predicted octanol–water partition coefficient (Wildman–Crippen LogP) is 1.15. The second-order valence-electron chi connectivity index (χ2n) is 4.97. The van der Waals surface area contributed by atoms with Gasteiger partial charge in [0.25, 0.3) is 0 Å². The zero-order chi connectivity index (χ0) is 11.2. The normalized spacial score (nSPS) is 36.8. The van der Waals surface area contributed by atoms with Crippen molar-refractivity contribution < 1.29 is 14.6 Å². The highest BCUT2D eigenvalue weighted by molar-refractivity contribution is 5.98. The lowest BCUT2D eigenvalue weighted by molar-refractivity contribution is -0.269. The zero-order valence-electron chi connectivity index (χ0n) is 9.32. The Labute approximate surface area is 94.9 Å². The van der Waals surface area contributed by atoms with E-state index in [1.54, 1.807) is 11.1 Å². The molecule has 0 amide bonds. The van der Waals surface area contributed by atoms with Crippen molar-refractivity contribution in [2.75, 3.05) is 6.61 Å². The molecule has 3 rings (SSSR count). The van der Waals surface area contributed by atoms with Gasteiger partial charge in [-0.3, -0.25) is 4.79 Å². The summed E-state index contributed by atoms with van der Waals surface area (Å²) in [5, 5.41) is 10.4. The van der Waals surface area contributed by atoms with Crippen molar-refractivity contribution in [3.05, 3.63) is 12.3 Å². The van der Waals surface area contributed by atoms with Crippen molar-refractivity contribution >= 4 is 5.78 Å². The number of ether oxygens (including phenoxy) is 1. The van der Waals surface area contributed by atoms with Crippen LogP contribution < -0.4 is 0 Å². The Bertz CT molecular complexity index is 341. The third-order valence-electron chi connectivity index (χ3n) is 4.06. The minimum absolute atomic E-state index is 0.194. The average molecular weight is 223 g/mol. The van der Waals surface area contributed by atoms with Crippen molar-refractivity contribution in [1.29, 1.82) is 0 Å². The van der Waals surface area contributed by atoms with Crippen molar-refractivity contribution in [2.24, 2.45) is 0 Å². The molecule has 1 aliphatic carbocycles.